The number of rotatable bonds is 3. The molecule has 2 aromatic rings. The first-order valence-corrected chi connectivity index (χ1v) is 6.03. The zero-order valence-corrected chi connectivity index (χ0v) is 10.8. The molecule has 0 unspecified atom stereocenters. The van der Waals surface area contributed by atoms with Crippen molar-refractivity contribution in [3.63, 3.8) is 0 Å². The summed E-state index contributed by atoms with van der Waals surface area (Å²) in [4.78, 5) is 12.0. The van der Waals surface area contributed by atoms with Gasteiger partial charge in [0.2, 0.25) is 0 Å². The molecule has 4 heteroatoms. The summed E-state index contributed by atoms with van der Waals surface area (Å²) in [5, 5.41) is 0.650. The Hall–Kier alpha value is -1.84. The van der Waals surface area contributed by atoms with Crippen molar-refractivity contribution in [2.24, 2.45) is 7.05 Å². The smallest absolute Gasteiger partial charge is 0.261 e. The number of benzene rings is 1. The molecule has 1 aromatic carbocycles. The zero-order valence-electron chi connectivity index (χ0n) is 10.8. The molecule has 0 fully saturated rings. The largest absolute Gasteiger partial charge is 0.492 e. The molecule has 0 atom stereocenters. The minimum atomic E-state index is -0.433. The van der Waals surface area contributed by atoms with E-state index in [9.17, 15) is 9.18 Å². The summed E-state index contributed by atoms with van der Waals surface area (Å²) in [6, 6.07) is 3.46. The summed E-state index contributed by atoms with van der Waals surface area (Å²) in [6.45, 7) is 4.19. The summed E-state index contributed by atoms with van der Waals surface area (Å²) in [5.41, 5.74) is 0.217. The summed E-state index contributed by atoms with van der Waals surface area (Å²) >= 11 is 0. The highest BCUT2D eigenvalue weighted by Gasteiger charge is 2.14. The second kappa shape index (κ2) is 4.80. The number of hydrogen-bond acceptors (Lipinski definition) is 2. The van der Waals surface area contributed by atoms with Gasteiger partial charge in [-0.15, -0.1) is 0 Å². The Bertz CT molecular complexity index is 646. The van der Waals surface area contributed by atoms with E-state index in [0.717, 1.165) is 0 Å². The van der Waals surface area contributed by atoms with E-state index in [1.165, 1.54) is 4.57 Å². The van der Waals surface area contributed by atoms with Gasteiger partial charge in [-0.25, -0.2) is 4.39 Å². The summed E-state index contributed by atoms with van der Waals surface area (Å²) < 4.78 is 21.1. The lowest BCUT2D eigenvalue weighted by molar-refractivity contribution is 0.341. The van der Waals surface area contributed by atoms with E-state index < -0.39 is 5.82 Å². The highest BCUT2D eigenvalue weighted by molar-refractivity contribution is 5.88. The average Bonchev–Trinajstić information content (AvgIpc) is 2.35. The van der Waals surface area contributed by atoms with E-state index in [0.29, 0.717) is 29.7 Å². The Morgan fingerprint density at radius 1 is 1.33 bits per heavy atom. The number of halogens is 1. The van der Waals surface area contributed by atoms with Crippen LogP contribution in [0, 0.1) is 5.82 Å². The highest BCUT2D eigenvalue weighted by Crippen LogP contribution is 2.26. The highest BCUT2D eigenvalue weighted by atomic mass is 19.1. The van der Waals surface area contributed by atoms with Crippen LogP contribution in [0.1, 0.15) is 19.4 Å². The van der Waals surface area contributed by atoms with Crippen LogP contribution in [0.5, 0.6) is 5.75 Å². The van der Waals surface area contributed by atoms with Gasteiger partial charge in [-0.05, 0) is 25.0 Å². The predicted molar refractivity (Wildman–Crippen MR) is 69.7 cm³/mol. The first-order chi connectivity index (χ1) is 8.60. The van der Waals surface area contributed by atoms with E-state index in [1.54, 1.807) is 25.4 Å². The van der Waals surface area contributed by atoms with Gasteiger partial charge >= 0.3 is 0 Å². The molecule has 0 aliphatic rings. The fourth-order valence-electron chi connectivity index (χ4n) is 2.06. The molecule has 0 saturated heterocycles. The number of nitrogens with zero attached hydrogens (tertiary/aromatic N) is 1. The Kier molecular flexibility index (Phi) is 3.36. The third-order valence-corrected chi connectivity index (χ3v) is 3.01. The van der Waals surface area contributed by atoms with Crippen LogP contribution in [0.4, 0.5) is 4.39 Å². The van der Waals surface area contributed by atoms with Crippen molar-refractivity contribution >= 4 is 10.8 Å². The third-order valence-electron chi connectivity index (χ3n) is 3.01. The molecule has 1 aromatic heterocycles. The normalized spacial score (nSPS) is 10.9. The first-order valence-electron chi connectivity index (χ1n) is 6.03. The molecule has 0 saturated carbocycles. The number of ether oxygens (including phenoxy) is 1. The van der Waals surface area contributed by atoms with Gasteiger partial charge in [0.15, 0.2) is 0 Å². The molecule has 0 aliphatic heterocycles. The quantitative estimate of drug-likeness (QED) is 0.837. The van der Waals surface area contributed by atoms with Crippen LogP contribution in [-0.2, 0) is 13.5 Å². The Labute approximate surface area is 105 Å². The van der Waals surface area contributed by atoms with Gasteiger partial charge in [0, 0.05) is 18.6 Å². The van der Waals surface area contributed by atoms with E-state index in [4.69, 9.17) is 4.74 Å². The van der Waals surface area contributed by atoms with Crippen molar-refractivity contribution in [2.45, 2.75) is 20.3 Å². The molecule has 0 bridgehead atoms. The second-order valence-electron chi connectivity index (χ2n) is 4.16. The van der Waals surface area contributed by atoms with E-state index in [2.05, 4.69) is 0 Å². The van der Waals surface area contributed by atoms with Crippen molar-refractivity contribution in [1.29, 1.82) is 0 Å². The maximum atomic E-state index is 14.3. The minimum absolute atomic E-state index is 0.114. The summed E-state index contributed by atoms with van der Waals surface area (Å²) in [5.74, 6) is 0.105. The van der Waals surface area contributed by atoms with Gasteiger partial charge in [-0.3, -0.25) is 4.79 Å². The Morgan fingerprint density at radius 3 is 2.67 bits per heavy atom. The number of aromatic nitrogens is 1. The number of aryl methyl sites for hydroxylation is 2. The van der Waals surface area contributed by atoms with Gasteiger partial charge in [0.25, 0.3) is 5.56 Å². The second-order valence-corrected chi connectivity index (χ2v) is 4.16. The molecular weight excluding hydrogens is 233 g/mol. The molecule has 96 valence electrons. The number of pyridine rings is 1. The molecule has 0 spiro atoms. The van der Waals surface area contributed by atoms with Crippen LogP contribution in [0.15, 0.2) is 23.1 Å². The van der Waals surface area contributed by atoms with Crippen molar-refractivity contribution in [3.05, 3.63) is 40.1 Å². The van der Waals surface area contributed by atoms with Crippen LogP contribution in [0.2, 0.25) is 0 Å². The SMILES string of the molecule is CCOc1cn(C)c(=O)c2c(F)c(CC)ccc12. The molecule has 0 aliphatic carbocycles. The lowest BCUT2D eigenvalue weighted by Gasteiger charge is -2.11. The monoisotopic (exact) mass is 249 g/mol. The summed E-state index contributed by atoms with van der Waals surface area (Å²) in [6.07, 6.45) is 2.16. The first kappa shape index (κ1) is 12.6. The zero-order chi connectivity index (χ0) is 13.3. The van der Waals surface area contributed by atoms with Crippen molar-refractivity contribution < 1.29 is 9.13 Å². The maximum absolute atomic E-state index is 14.3. The standard InChI is InChI=1S/C14H16FNO2/c1-4-9-6-7-10-11(18-5-2)8-16(3)14(17)12(10)13(9)15/h6-8H,4-5H2,1-3H3. The average molecular weight is 249 g/mol. The van der Waals surface area contributed by atoms with Crippen molar-refractivity contribution in [1.82, 2.24) is 4.57 Å². The minimum Gasteiger partial charge on any atom is -0.492 e. The van der Waals surface area contributed by atoms with E-state index in [-0.39, 0.29) is 10.9 Å². The molecule has 0 amide bonds. The fraction of sp³-hybridized carbons (Fsp3) is 0.357. The van der Waals surface area contributed by atoms with Gasteiger partial charge in [0.05, 0.1) is 12.0 Å². The van der Waals surface area contributed by atoms with Crippen molar-refractivity contribution in [3.8, 4) is 5.75 Å². The Morgan fingerprint density at radius 2 is 2.06 bits per heavy atom. The topological polar surface area (TPSA) is 31.2 Å². The van der Waals surface area contributed by atoms with Crippen molar-refractivity contribution in [2.75, 3.05) is 6.61 Å². The molecular formula is C14H16FNO2. The number of fused-ring (bicyclic) bond motifs is 1. The lowest BCUT2D eigenvalue weighted by atomic mass is 10.1. The molecule has 0 radical (unpaired) electrons. The third kappa shape index (κ3) is 1.88. The molecule has 2 rings (SSSR count). The molecule has 18 heavy (non-hydrogen) atoms. The van der Waals surface area contributed by atoms with E-state index in [1.807, 2.05) is 13.8 Å². The Balaban J connectivity index is 2.89. The maximum Gasteiger partial charge on any atom is 0.261 e. The lowest BCUT2D eigenvalue weighted by Crippen LogP contribution is -2.18. The van der Waals surface area contributed by atoms with Gasteiger partial charge in [-0.2, -0.15) is 0 Å². The van der Waals surface area contributed by atoms with Crippen LogP contribution >= 0.6 is 0 Å². The molecule has 1 heterocycles. The molecule has 3 nitrogen and oxygen atoms in total. The van der Waals surface area contributed by atoms with Crippen LogP contribution in [0.25, 0.3) is 10.8 Å². The molecule has 0 N–H and O–H groups in total. The van der Waals surface area contributed by atoms with Gasteiger partial charge in [0.1, 0.15) is 11.6 Å². The van der Waals surface area contributed by atoms with Crippen LogP contribution in [-0.4, -0.2) is 11.2 Å². The predicted octanol–water partition coefficient (Wildman–Crippen LogP) is 2.64. The summed E-state index contributed by atoms with van der Waals surface area (Å²) in [7, 11) is 1.60. The van der Waals surface area contributed by atoms with Crippen LogP contribution < -0.4 is 10.3 Å². The van der Waals surface area contributed by atoms with Gasteiger partial charge < -0.3 is 9.30 Å². The fourth-order valence-corrected chi connectivity index (χ4v) is 2.06. The van der Waals surface area contributed by atoms with Gasteiger partial charge in [-0.1, -0.05) is 13.0 Å². The van der Waals surface area contributed by atoms with Crippen LogP contribution in [0.3, 0.4) is 0 Å². The van der Waals surface area contributed by atoms with E-state index >= 15 is 0 Å². The number of hydrogen-bond donors (Lipinski definition) is 0.